The van der Waals surface area contributed by atoms with Gasteiger partial charge in [0.05, 0.1) is 24.6 Å². The van der Waals surface area contributed by atoms with E-state index < -0.39 is 0 Å². The molecule has 0 spiro atoms. The van der Waals surface area contributed by atoms with Gasteiger partial charge >= 0.3 is 0 Å². The number of rotatable bonds is 28. The molecule has 0 heterocycles. The molecule has 5 rings (SSSR count). The predicted molar refractivity (Wildman–Crippen MR) is 250 cm³/mol. The van der Waals surface area contributed by atoms with Crippen molar-refractivity contribution in [3.8, 4) is 34.5 Å². The number of aliphatic imine (C=N–C) groups is 2. The molecule has 0 aliphatic rings. The first-order valence-electron chi connectivity index (χ1n) is 22.8. The van der Waals surface area contributed by atoms with Gasteiger partial charge < -0.3 is 29.9 Å². The number of phenols is 4. The number of hydrogen-bond acceptors (Lipinski definition) is 8. The lowest BCUT2D eigenvalue weighted by molar-refractivity contribution is 0.258. The second-order valence-electron chi connectivity index (χ2n) is 16.2. The number of nitrogens with zero attached hydrogens (tertiary/aromatic N) is 2. The van der Waals surface area contributed by atoms with E-state index in [1.165, 1.54) is 103 Å². The Morgan fingerprint density at radius 1 is 0.417 bits per heavy atom. The summed E-state index contributed by atoms with van der Waals surface area (Å²) in [6, 6.07) is 20.4. The van der Waals surface area contributed by atoms with E-state index in [4.69, 9.17) is 19.5 Å². The predicted octanol–water partition coefficient (Wildman–Crippen LogP) is 14.9. The summed E-state index contributed by atoms with van der Waals surface area (Å²) in [5.74, 6) is 1.55. The van der Waals surface area contributed by atoms with Crippen LogP contribution in [0.1, 0.15) is 153 Å². The third-order valence-corrected chi connectivity index (χ3v) is 11.3. The molecule has 0 saturated carbocycles. The second kappa shape index (κ2) is 25.4. The van der Waals surface area contributed by atoms with Crippen LogP contribution in [0.2, 0.25) is 0 Å². The summed E-state index contributed by atoms with van der Waals surface area (Å²) >= 11 is 0. The highest BCUT2D eigenvalue weighted by Crippen LogP contribution is 2.41. The van der Waals surface area contributed by atoms with Crippen LogP contribution < -0.4 is 9.47 Å². The Labute approximate surface area is 358 Å². The molecule has 0 atom stereocenters. The van der Waals surface area contributed by atoms with Gasteiger partial charge in [-0.2, -0.15) is 0 Å². The lowest BCUT2D eigenvalue weighted by Gasteiger charge is -2.15. The van der Waals surface area contributed by atoms with Crippen LogP contribution >= 0.6 is 0 Å². The molecule has 0 fully saturated rings. The van der Waals surface area contributed by atoms with E-state index in [9.17, 15) is 20.4 Å². The third kappa shape index (κ3) is 14.5. The highest BCUT2D eigenvalue weighted by atomic mass is 16.5. The van der Waals surface area contributed by atoms with Gasteiger partial charge in [0, 0.05) is 35.7 Å². The van der Waals surface area contributed by atoms with Crippen LogP contribution in [0.15, 0.2) is 82.8 Å². The van der Waals surface area contributed by atoms with E-state index in [1.807, 2.05) is 12.1 Å². The zero-order valence-electron chi connectivity index (χ0n) is 36.1. The Morgan fingerprint density at radius 2 is 0.767 bits per heavy atom. The van der Waals surface area contributed by atoms with Gasteiger partial charge in [0.2, 0.25) is 0 Å². The summed E-state index contributed by atoms with van der Waals surface area (Å²) in [6.45, 7) is 5.60. The zero-order valence-corrected chi connectivity index (χ0v) is 36.1. The highest BCUT2D eigenvalue weighted by molar-refractivity contribution is 6.05. The topological polar surface area (TPSA) is 124 Å². The molecular formula is C52H68N2O6. The molecule has 5 aromatic rings. The van der Waals surface area contributed by atoms with Crippen LogP contribution in [-0.4, -0.2) is 46.1 Å². The fourth-order valence-electron chi connectivity index (χ4n) is 7.71. The summed E-state index contributed by atoms with van der Waals surface area (Å²) in [5.41, 5.74) is 1.98. The third-order valence-electron chi connectivity index (χ3n) is 11.3. The van der Waals surface area contributed by atoms with Gasteiger partial charge in [-0.25, -0.2) is 0 Å². The van der Waals surface area contributed by atoms with Crippen LogP contribution in [-0.2, 0) is 0 Å². The Kier molecular flexibility index (Phi) is 19.4. The van der Waals surface area contributed by atoms with Gasteiger partial charge in [0.25, 0.3) is 0 Å². The van der Waals surface area contributed by atoms with Crippen molar-refractivity contribution < 1.29 is 29.9 Å². The van der Waals surface area contributed by atoms with Crippen molar-refractivity contribution in [2.75, 3.05) is 13.2 Å². The first kappa shape index (κ1) is 45.8. The zero-order chi connectivity index (χ0) is 42.4. The summed E-state index contributed by atoms with van der Waals surface area (Å²) in [6.07, 6.45) is 27.9. The van der Waals surface area contributed by atoms with Crippen molar-refractivity contribution in [1.82, 2.24) is 0 Å². The molecule has 8 nitrogen and oxygen atoms in total. The number of ether oxygens (including phenoxy) is 2. The fourth-order valence-corrected chi connectivity index (χ4v) is 7.71. The largest absolute Gasteiger partial charge is 0.508 e. The molecule has 0 aromatic heterocycles. The van der Waals surface area contributed by atoms with E-state index in [1.54, 1.807) is 73.1 Å². The van der Waals surface area contributed by atoms with Crippen LogP contribution in [0.3, 0.4) is 0 Å². The maximum atomic E-state index is 11.0. The minimum Gasteiger partial charge on any atom is -0.508 e. The second-order valence-corrected chi connectivity index (χ2v) is 16.2. The number of hydrogen-bond donors (Lipinski definition) is 4. The lowest BCUT2D eigenvalue weighted by Crippen LogP contribution is -2.03. The van der Waals surface area contributed by atoms with Crippen molar-refractivity contribution in [2.45, 2.75) is 142 Å². The van der Waals surface area contributed by atoms with Crippen molar-refractivity contribution in [1.29, 1.82) is 0 Å². The normalized spacial score (nSPS) is 11.8. The summed E-state index contributed by atoms with van der Waals surface area (Å²) in [4.78, 5) is 9.79. The molecule has 322 valence electrons. The van der Waals surface area contributed by atoms with E-state index in [2.05, 4.69) is 13.8 Å². The number of phenolic OH excluding ortho intramolecular Hbond substituents is 4. The standard InChI is InChI=1S/C52H68N2O6/c1-3-5-7-9-11-13-15-17-19-21-31-59-51-35-47(53-37-45-43-27-25-41(55)33-39(43)23-29-49(45)57)48(36-52(51)60-32-22-20-18-16-14-12-10-8-6-4-2)54-38-46-44-28-26-42(56)34-40(44)24-30-50(46)58/h23-30,33-38,55-58H,3-22,31-32H2,1-2H3. The molecular weight excluding hydrogens is 749 g/mol. The van der Waals surface area contributed by atoms with Crippen LogP contribution in [0.4, 0.5) is 11.4 Å². The molecule has 0 unspecified atom stereocenters. The van der Waals surface area contributed by atoms with Crippen molar-refractivity contribution in [3.05, 3.63) is 83.9 Å². The Balaban J connectivity index is 1.40. The van der Waals surface area contributed by atoms with E-state index in [-0.39, 0.29) is 23.0 Å². The number of aromatic hydroxyl groups is 4. The van der Waals surface area contributed by atoms with Gasteiger partial charge in [0.1, 0.15) is 23.0 Å². The lowest BCUT2D eigenvalue weighted by atomic mass is 10.0. The molecule has 4 N–H and O–H groups in total. The van der Waals surface area contributed by atoms with Crippen molar-refractivity contribution in [2.24, 2.45) is 9.98 Å². The smallest absolute Gasteiger partial charge is 0.163 e. The Morgan fingerprint density at radius 3 is 1.13 bits per heavy atom. The fraction of sp³-hybridized carbons (Fsp3) is 0.462. The molecule has 0 saturated heterocycles. The molecule has 60 heavy (non-hydrogen) atoms. The highest BCUT2D eigenvalue weighted by Gasteiger charge is 2.15. The number of fused-ring (bicyclic) bond motifs is 2. The van der Waals surface area contributed by atoms with Crippen LogP contribution in [0, 0.1) is 0 Å². The van der Waals surface area contributed by atoms with E-state index in [0.29, 0.717) is 47.2 Å². The van der Waals surface area contributed by atoms with Crippen LogP contribution in [0.5, 0.6) is 34.5 Å². The maximum Gasteiger partial charge on any atom is 0.163 e. The first-order valence-corrected chi connectivity index (χ1v) is 22.8. The molecule has 0 radical (unpaired) electrons. The maximum absolute atomic E-state index is 11.0. The molecule has 5 aromatic carbocycles. The van der Waals surface area contributed by atoms with Gasteiger partial charge in [-0.15, -0.1) is 0 Å². The minimum absolute atomic E-state index is 0.0554. The average molecular weight is 817 g/mol. The summed E-state index contributed by atoms with van der Waals surface area (Å²) < 4.78 is 12.9. The molecule has 0 aliphatic carbocycles. The SMILES string of the molecule is CCCCCCCCCCCCOc1cc(N=Cc2c(O)ccc3cc(O)ccc23)c(N=Cc2c(O)ccc3cc(O)ccc23)cc1OCCCCCCCCCCCC. The van der Waals surface area contributed by atoms with Gasteiger partial charge in [-0.1, -0.05) is 142 Å². The van der Waals surface area contributed by atoms with Gasteiger partial charge in [-0.3, -0.25) is 9.98 Å². The summed E-state index contributed by atoms with van der Waals surface area (Å²) in [5, 5.41) is 45.1. The Bertz CT molecular complexity index is 1980. The molecule has 8 heteroatoms. The van der Waals surface area contributed by atoms with Crippen molar-refractivity contribution >= 4 is 45.3 Å². The van der Waals surface area contributed by atoms with Gasteiger partial charge in [0.15, 0.2) is 11.5 Å². The molecule has 0 bridgehead atoms. The van der Waals surface area contributed by atoms with Gasteiger partial charge in [-0.05, 0) is 82.9 Å². The summed E-state index contributed by atoms with van der Waals surface area (Å²) in [7, 11) is 0. The average Bonchev–Trinajstić information content (AvgIpc) is 3.24. The molecule has 0 amide bonds. The first-order chi connectivity index (χ1) is 29.4. The monoisotopic (exact) mass is 817 g/mol. The van der Waals surface area contributed by atoms with E-state index >= 15 is 0 Å². The van der Waals surface area contributed by atoms with Crippen LogP contribution in [0.25, 0.3) is 21.5 Å². The Hall–Kier alpha value is -5.24. The van der Waals surface area contributed by atoms with Crippen molar-refractivity contribution in [3.63, 3.8) is 0 Å². The molecule has 0 aliphatic heterocycles. The number of benzene rings is 5. The minimum atomic E-state index is 0.0554. The quantitative estimate of drug-likeness (QED) is 0.0294. The van der Waals surface area contributed by atoms with E-state index in [0.717, 1.165) is 47.2 Å². The number of unbranched alkanes of at least 4 members (excludes halogenated alkanes) is 18.